The van der Waals surface area contributed by atoms with E-state index >= 15 is 0 Å². The Hall–Kier alpha value is -4.18. The Bertz CT molecular complexity index is 1350. The van der Waals surface area contributed by atoms with Gasteiger partial charge in [0.25, 0.3) is 5.91 Å². The van der Waals surface area contributed by atoms with Crippen LogP contribution in [0.3, 0.4) is 0 Å². The highest BCUT2D eigenvalue weighted by molar-refractivity contribution is 6.10. The molecule has 0 aliphatic rings. The number of hydrogen-bond acceptors (Lipinski definition) is 8. The second-order valence-electron chi connectivity index (χ2n) is 7.03. The van der Waals surface area contributed by atoms with Crippen molar-refractivity contribution >= 4 is 40.1 Å². The number of nitrogen functional groups attached to an aromatic ring is 1. The molecule has 10 nitrogen and oxygen atoms in total. The number of benzene rings is 2. The Morgan fingerprint density at radius 2 is 1.85 bits per heavy atom. The molecule has 33 heavy (non-hydrogen) atoms. The van der Waals surface area contributed by atoms with Crippen LogP contribution in [0.25, 0.3) is 22.2 Å². The predicted octanol–water partition coefficient (Wildman–Crippen LogP) is 2.44. The van der Waals surface area contributed by atoms with E-state index in [-0.39, 0.29) is 17.3 Å². The van der Waals surface area contributed by atoms with Gasteiger partial charge >= 0.3 is 0 Å². The summed E-state index contributed by atoms with van der Waals surface area (Å²) in [5.41, 5.74) is 9.28. The number of para-hydroxylation sites is 3. The molecule has 0 radical (unpaired) electrons. The van der Waals surface area contributed by atoms with E-state index in [9.17, 15) is 4.79 Å². The van der Waals surface area contributed by atoms with E-state index in [1.165, 1.54) is 4.68 Å². The summed E-state index contributed by atoms with van der Waals surface area (Å²) >= 11 is 0. The summed E-state index contributed by atoms with van der Waals surface area (Å²) in [6, 6.07) is 12.8. The average molecular weight is 448 g/mol. The van der Waals surface area contributed by atoms with Gasteiger partial charge in [-0.05, 0) is 24.3 Å². The number of carbonyl (C=O) groups excluding carboxylic acids is 1. The van der Waals surface area contributed by atoms with Gasteiger partial charge in [-0.25, -0.2) is 9.97 Å². The number of hydrogen-bond donors (Lipinski definition) is 2. The molecule has 0 atom stereocenters. The lowest BCUT2D eigenvalue weighted by molar-refractivity contribution is 0.0939. The maximum Gasteiger partial charge on any atom is 0.257 e. The molecule has 170 valence electrons. The maximum atomic E-state index is 12.9. The zero-order valence-electron chi connectivity index (χ0n) is 18.5. The van der Waals surface area contributed by atoms with Crippen molar-refractivity contribution in [3.8, 4) is 11.5 Å². The zero-order valence-corrected chi connectivity index (χ0v) is 18.5. The highest BCUT2D eigenvalue weighted by atomic mass is 16.5. The van der Waals surface area contributed by atoms with Crippen LogP contribution in [-0.4, -0.2) is 61.2 Å². The van der Waals surface area contributed by atoms with Crippen molar-refractivity contribution in [1.29, 1.82) is 0 Å². The maximum absolute atomic E-state index is 12.9. The summed E-state index contributed by atoms with van der Waals surface area (Å²) in [5, 5.41) is 7.31. The van der Waals surface area contributed by atoms with Gasteiger partial charge in [-0.1, -0.05) is 18.2 Å². The Morgan fingerprint density at radius 3 is 2.55 bits per heavy atom. The number of amides is 1. The third-order valence-corrected chi connectivity index (χ3v) is 5.04. The number of fused-ring (bicyclic) bond motifs is 2. The molecule has 2 aromatic heterocycles. The first-order valence-electron chi connectivity index (χ1n) is 10.2. The summed E-state index contributed by atoms with van der Waals surface area (Å²) in [5.74, 6) is 0.823. The van der Waals surface area contributed by atoms with E-state index in [1.807, 2.05) is 36.4 Å². The van der Waals surface area contributed by atoms with E-state index in [4.69, 9.17) is 19.9 Å². The molecule has 4 aromatic rings. The first kappa shape index (κ1) is 22.0. The number of methoxy groups -OCH3 is 3. The fraction of sp³-hybridized carbons (Fsp3) is 0.217. The number of anilines is 1. The molecule has 3 N–H and O–H groups in total. The lowest BCUT2D eigenvalue weighted by Crippen LogP contribution is -2.27. The topological polar surface area (TPSA) is 126 Å². The molecule has 0 spiro atoms. The van der Waals surface area contributed by atoms with E-state index in [0.717, 1.165) is 0 Å². The first-order chi connectivity index (χ1) is 16.1. The largest absolute Gasteiger partial charge is 0.493 e. The van der Waals surface area contributed by atoms with Gasteiger partial charge in [-0.3, -0.25) is 4.79 Å². The highest BCUT2D eigenvalue weighted by Gasteiger charge is 2.24. The number of ether oxygens (including phenoxy) is 3. The van der Waals surface area contributed by atoms with Crippen LogP contribution in [0.1, 0.15) is 15.9 Å². The summed E-state index contributed by atoms with van der Waals surface area (Å²) in [6.07, 6.45) is 1.57. The fourth-order valence-corrected chi connectivity index (χ4v) is 3.48. The molecule has 0 saturated carbocycles. The molecule has 0 unspecified atom stereocenters. The summed E-state index contributed by atoms with van der Waals surface area (Å²) < 4.78 is 17.2. The SMILES string of the molecule is COCCNC(=O)c1c(N)n(/N=C/c2cccc(OC)c2OC)c2nc3ccccc3nc12. The third kappa shape index (κ3) is 4.15. The van der Waals surface area contributed by atoms with Gasteiger partial charge in [0.15, 0.2) is 17.1 Å². The van der Waals surface area contributed by atoms with Crippen molar-refractivity contribution < 1.29 is 19.0 Å². The lowest BCUT2D eigenvalue weighted by atomic mass is 10.2. The van der Waals surface area contributed by atoms with Crippen LogP contribution in [0.15, 0.2) is 47.6 Å². The molecule has 0 fully saturated rings. The predicted molar refractivity (Wildman–Crippen MR) is 126 cm³/mol. The minimum absolute atomic E-state index is 0.119. The van der Waals surface area contributed by atoms with Gasteiger partial charge in [-0.15, -0.1) is 0 Å². The van der Waals surface area contributed by atoms with E-state index in [0.29, 0.717) is 52.4 Å². The Morgan fingerprint density at radius 1 is 1.09 bits per heavy atom. The van der Waals surface area contributed by atoms with E-state index in [2.05, 4.69) is 20.4 Å². The molecular formula is C23H24N6O4. The molecule has 0 aliphatic carbocycles. The number of rotatable bonds is 8. The standard InChI is InChI=1S/C23H24N6O4/c1-31-12-11-25-23(30)18-19-22(28-16-9-5-4-8-15(16)27-19)29(21(18)24)26-13-14-7-6-10-17(32-2)20(14)33-3/h4-10,13H,11-12,24H2,1-3H3,(H,25,30)/b26-13+. The normalized spacial score (nSPS) is 11.4. The summed E-state index contributed by atoms with van der Waals surface area (Å²) in [6.45, 7) is 0.694. The fourth-order valence-electron chi connectivity index (χ4n) is 3.48. The number of nitrogens with zero attached hydrogens (tertiary/aromatic N) is 4. The van der Waals surface area contributed by atoms with Crippen molar-refractivity contribution in [2.75, 3.05) is 40.2 Å². The molecule has 1 amide bonds. The van der Waals surface area contributed by atoms with E-state index < -0.39 is 0 Å². The molecule has 2 heterocycles. The lowest BCUT2D eigenvalue weighted by Gasteiger charge is -2.09. The monoisotopic (exact) mass is 448 g/mol. The highest BCUT2D eigenvalue weighted by Crippen LogP contribution is 2.31. The van der Waals surface area contributed by atoms with Crippen LogP contribution < -0.4 is 20.5 Å². The number of nitrogens with one attached hydrogen (secondary N) is 1. The molecular weight excluding hydrogens is 424 g/mol. The van der Waals surface area contributed by atoms with Gasteiger partial charge in [0.05, 0.1) is 38.1 Å². The Labute approximate surface area is 190 Å². The molecule has 0 bridgehead atoms. The Balaban J connectivity index is 1.87. The molecule has 0 aliphatic heterocycles. The quantitative estimate of drug-likeness (QED) is 0.313. The second kappa shape index (κ2) is 9.53. The number of aromatic nitrogens is 3. The minimum atomic E-state index is -0.382. The second-order valence-corrected chi connectivity index (χ2v) is 7.03. The summed E-state index contributed by atoms with van der Waals surface area (Å²) in [4.78, 5) is 22.3. The average Bonchev–Trinajstić information content (AvgIpc) is 3.10. The van der Waals surface area contributed by atoms with Crippen LogP contribution in [0.2, 0.25) is 0 Å². The van der Waals surface area contributed by atoms with Crippen molar-refractivity contribution in [2.24, 2.45) is 5.10 Å². The molecule has 10 heteroatoms. The first-order valence-corrected chi connectivity index (χ1v) is 10.2. The van der Waals surface area contributed by atoms with Crippen molar-refractivity contribution in [3.63, 3.8) is 0 Å². The number of carbonyl (C=O) groups is 1. The van der Waals surface area contributed by atoms with Gasteiger partial charge in [-0.2, -0.15) is 9.78 Å². The van der Waals surface area contributed by atoms with Crippen molar-refractivity contribution in [3.05, 3.63) is 53.6 Å². The van der Waals surface area contributed by atoms with Gasteiger partial charge in [0.2, 0.25) is 0 Å². The third-order valence-electron chi connectivity index (χ3n) is 5.04. The van der Waals surface area contributed by atoms with Crippen LogP contribution in [-0.2, 0) is 4.74 Å². The Kier molecular flexibility index (Phi) is 6.36. The molecule has 4 rings (SSSR count). The van der Waals surface area contributed by atoms with Crippen LogP contribution in [0.4, 0.5) is 5.82 Å². The van der Waals surface area contributed by atoms with Gasteiger partial charge < -0.3 is 25.3 Å². The van der Waals surface area contributed by atoms with Gasteiger partial charge in [0.1, 0.15) is 16.9 Å². The number of nitrogens with two attached hydrogens (primary N) is 1. The molecule has 2 aromatic carbocycles. The summed E-state index contributed by atoms with van der Waals surface area (Å²) in [7, 11) is 4.67. The van der Waals surface area contributed by atoms with E-state index in [1.54, 1.807) is 33.6 Å². The zero-order chi connectivity index (χ0) is 23.4. The molecule has 0 saturated heterocycles. The minimum Gasteiger partial charge on any atom is -0.493 e. The van der Waals surface area contributed by atoms with Crippen LogP contribution in [0, 0.1) is 0 Å². The van der Waals surface area contributed by atoms with Gasteiger partial charge in [0, 0.05) is 19.2 Å². The van der Waals surface area contributed by atoms with Crippen molar-refractivity contribution in [2.45, 2.75) is 0 Å². The van der Waals surface area contributed by atoms with Crippen LogP contribution >= 0.6 is 0 Å². The van der Waals surface area contributed by atoms with Crippen molar-refractivity contribution in [1.82, 2.24) is 20.0 Å². The van der Waals surface area contributed by atoms with Crippen LogP contribution in [0.5, 0.6) is 11.5 Å². The smallest absolute Gasteiger partial charge is 0.257 e.